The van der Waals surface area contributed by atoms with E-state index < -0.39 is 0 Å². The lowest BCUT2D eigenvalue weighted by atomic mass is 9.66. The van der Waals surface area contributed by atoms with Gasteiger partial charge in [0.2, 0.25) is 5.95 Å². The Morgan fingerprint density at radius 1 is 0.875 bits per heavy atom. The molecule has 0 N–H and O–H groups in total. The van der Waals surface area contributed by atoms with Gasteiger partial charge in [-0.1, -0.05) is 30.3 Å². The van der Waals surface area contributed by atoms with Crippen LogP contribution in [-0.4, -0.2) is 50.8 Å². The van der Waals surface area contributed by atoms with E-state index in [9.17, 15) is 0 Å². The standard InChI is InChI=1S/C25H24N6O/c1-2-4-16(5-3-1)22-17-12-18(13-17)23-29-21-7-6-20(28-24(21)31(22)23)19-14-26-25(27-15-19)30-8-10-32-11-9-30/h1-7,14-15,17-18,22H,8-13H2. The topological polar surface area (TPSA) is 69.0 Å². The number of ether oxygens (including phenoxy) is 1. The zero-order valence-electron chi connectivity index (χ0n) is 17.8. The van der Waals surface area contributed by atoms with Crippen LogP contribution >= 0.6 is 0 Å². The first kappa shape index (κ1) is 18.3. The quantitative estimate of drug-likeness (QED) is 0.498. The van der Waals surface area contributed by atoms with Crippen molar-refractivity contribution in [3.05, 3.63) is 66.2 Å². The van der Waals surface area contributed by atoms with Crippen molar-refractivity contribution in [1.82, 2.24) is 24.5 Å². The summed E-state index contributed by atoms with van der Waals surface area (Å²) in [5.41, 5.74) is 5.11. The number of morpholine rings is 1. The summed E-state index contributed by atoms with van der Waals surface area (Å²) >= 11 is 0. The molecule has 32 heavy (non-hydrogen) atoms. The van der Waals surface area contributed by atoms with Crippen LogP contribution in [0.4, 0.5) is 5.95 Å². The number of fused-ring (bicyclic) bond motifs is 1. The first-order valence-electron chi connectivity index (χ1n) is 11.4. The van der Waals surface area contributed by atoms with E-state index in [1.165, 1.54) is 24.2 Å². The molecule has 7 heteroatoms. The normalized spacial score (nSPS) is 24.2. The number of benzene rings is 1. The fraction of sp³-hybridized carbons (Fsp3) is 0.360. The van der Waals surface area contributed by atoms with E-state index in [1.54, 1.807) is 0 Å². The van der Waals surface area contributed by atoms with Crippen LogP contribution in [0, 0.1) is 5.92 Å². The number of imidazole rings is 1. The molecule has 1 unspecified atom stereocenters. The van der Waals surface area contributed by atoms with E-state index in [-0.39, 0.29) is 0 Å². The van der Waals surface area contributed by atoms with E-state index in [4.69, 9.17) is 14.7 Å². The van der Waals surface area contributed by atoms with Crippen LogP contribution in [0.5, 0.6) is 0 Å². The molecule has 3 aromatic heterocycles. The highest BCUT2D eigenvalue weighted by molar-refractivity contribution is 5.77. The highest BCUT2D eigenvalue weighted by Crippen LogP contribution is 2.55. The average Bonchev–Trinajstić information content (AvgIpc) is 3.23. The number of pyridine rings is 1. The van der Waals surface area contributed by atoms with E-state index in [0.29, 0.717) is 17.9 Å². The van der Waals surface area contributed by atoms with Gasteiger partial charge in [-0.05, 0) is 36.5 Å². The molecule has 2 bridgehead atoms. The van der Waals surface area contributed by atoms with Gasteiger partial charge in [0.25, 0.3) is 0 Å². The van der Waals surface area contributed by atoms with Crippen molar-refractivity contribution in [3.8, 4) is 11.3 Å². The lowest BCUT2D eigenvalue weighted by Gasteiger charge is -2.47. The van der Waals surface area contributed by atoms with Gasteiger partial charge in [0.05, 0.1) is 24.9 Å². The van der Waals surface area contributed by atoms with E-state index >= 15 is 0 Å². The largest absolute Gasteiger partial charge is 0.378 e. The van der Waals surface area contributed by atoms with Gasteiger partial charge in [-0.3, -0.25) is 0 Å². The van der Waals surface area contributed by atoms with Gasteiger partial charge in [-0.15, -0.1) is 0 Å². The molecular formula is C25H24N6O. The molecule has 3 aliphatic heterocycles. The fourth-order valence-electron chi connectivity index (χ4n) is 5.51. The molecule has 1 aromatic carbocycles. The Balaban J connectivity index is 1.29. The van der Waals surface area contributed by atoms with Crippen molar-refractivity contribution in [2.75, 3.05) is 31.2 Å². The van der Waals surface area contributed by atoms with Crippen molar-refractivity contribution in [1.29, 1.82) is 0 Å². The Labute approximate surface area is 186 Å². The zero-order valence-corrected chi connectivity index (χ0v) is 17.8. The molecule has 0 amide bonds. The maximum atomic E-state index is 5.43. The van der Waals surface area contributed by atoms with Gasteiger partial charge in [-0.2, -0.15) is 0 Å². The van der Waals surface area contributed by atoms with Gasteiger partial charge >= 0.3 is 0 Å². The Hall–Kier alpha value is -3.32. The summed E-state index contributed by atoms with van der Waals surface area (Å²) in [6.45, 7) is 3.10. The van der Waals surface area contributed by atoms with Crippen LogP contribution in [0.25, 0.3) is 22.4 Å². The summed E-state index contributed by atoms with van der Waals surface area (Å²) in [5, 5.41) is 0. The molecule has 6 heterocycles. The van der Waals surface area contributed by atoms with Crippen LogP contribution in [0.3, 0.4) is 0 Å². The SMILES string of the molecule is c1ccc(C2C3CC(C3)c3nc4ccc(-c5cnc(N6CCOCC6)nc5)nc4n32)cc1. The Bertz CT molecular complexity index is 1270. The lowest BCUT2D eigenvalue weighted by molar-refractivity contribution is 0.122. The third kappa shape index (κ3) is 2.77. The van der Waals surface area contributed by atoms with Gasteiger partial charge in [0.1, 0.15) is 11.3 Å². The molecule has 1 saturated heterocycles. The zero-order chi connectivity index (χ0) is 21.1. The Kier molecular flexibility index (Phi) is 4.05. The number of aromatic nitrogens is 5. The molecule has 4 aromatic rings. The maximum Gasteiger partial charge on any atom is 0.225 e. The number of rotatable bonds is 3. The summed E-state index contributed by atoms with van der Waals surface area (Å²) in [4.78, 5) is 21.5. The number of hydrogen-bond acceptors (Lipinski definition) is 6. The molecule has 2 fully saturated rings. The van der Waals surface area contributed by atoms with Crippen LogP contribution in [0.2, 0.25) is 0 Å². The van der Waals surface area contributed by atoms with Crippen LogP contribution in [-0.2, 0) is 4.74 Å². The fourth-order valence-corrected chi connectivity index (χ4v) is 5.51. The third-order valence-corrected chi connectivity index (χ3v) is 7.20. The summed E-state index contributed by atoms with van der Waals surface area (Å²) in [7, 11) is 0. The summed E-state index contributed by atoms with van der Waals surface area (Å²) in [5.74, 6) is 3.17. The molecule has 7 nitrogen and oxygen atoms in total. The molecule has 8 rings (SSSR count). The highest BCUT2D eigenvalue weighted by atomic mass is 16.5. The summed E-state index contributed by atoms with van der Waals surface area (Å²) in [6.07, 6.45) is 6.22. The second-order valence-electron chi connectivity index (χ2n) is 9.03. The predicted octanol–water partition coefficient (Wildman–Crippen LogP) is 3.82. The minimum atomic E-state index is 0.309. The first-order chi connectivity index (χ1) is 15.8. The predicted molar refractivity (Wildman–Crippen MR) is 122 cm³/mol. The first-order valence-corrected chi connectivity index (χ1v) is 11.4. The Morgan fingerprint density at radius 3 is 2.44 bits per heavy atom. The van der Waals surface area contributed by atoms with Gasteiger partial charge in [0, 0.05) is 37.0 Å². The lowest BCUT2D eigenvalue weighted by Crippen LogP contribution is -2.39. The minimum Gasteiger partial charge on any atom is -0.378 e. The monoisotopic (exact) mass is 424 g/mol. The van der Waals surface area contributed by atoms with Crippen molar-refractivity contribution < 1.29 is 4.74 Å². The van der Waals surface area contributed by atoms with E-state index in [0.717, 1.165) is 54.7 Å². The molecule has 1 aliphatic carbocycles. The van der Waals surface area contributed by atoms with Crippen molar-refractivity contribution in [3.63, 3.8) is 0 Å². The number of nitrogens with zero attached hydrogens (tertiary/aromatic N) is 6. The molecule has 4 aliphatic rings. The average molecular weight is 425 g/mol. The number of hydrogen-bond donors (Lipinski definition) is 0. The maximum absolute atomic E-state index is 5.43. The van der Waals surface area contributed by atoms with Crippen LogP contribution in [0.1, 0.15) is 36.2 Å². The molecule has 1 atom stereocenters. The number of anilines is 1. The second kappa shape index (κ2) is 7.10. The Morgan fingerprint density at radius 2 is 1.66 bits per heavy atom. The third-order valence-electron chi connectivity index (χ3n) is 7.20. The van der Waals surface area contributed by atoms with Crippen molar-refractivity contribution in [2.24, 2.45) is 5.92 Å². The van der Waals surface area contributed by atoms with Gasteiger partial charge < -0.3 is 14.2 Å². The molecule has 160 valence electrons. The second-order valence-corrected chi connectivity index (χ2v) is 9.03. The van der Waals surface area contributed by atoms with Gasteiger partial charge in [-0.25, -0.2) is 19.9 Å². The molecule has 0 radical (unpaired) electrons. The highest BCUT2D eigenvalue weighted by Gasteiger charge is 2.46. The van der Waals surface area contributed by atoms with E-state index in [1.807, 2.05) is 18.5 Å². The summed E-state index contributed by atoms with van der Waals surface area (Å²) in [6, 6.07) is 15.3. The molecule has 0 spiro atoms. The molecular weight excluding hydrogens is 400 g/mol. The smallest absolute Gasteiger partial charge is 0.225 e. The van der Waals surface area contributed by atoms with Crippen molar-refractivity contribution >= 4 is 17.1 Å². The van der Waals surface area contributed by atoms with E-state index in [2.05, 4.69) is 55.8 Å². The van der Waals surface area contributed by atoms with Crippen LogP contribution in [0.15, 0.2) is 54.9 Å². The van der Waals surface area contributed by atoms with Crippen molar-refractivity contribution in [2.45, 2.75) is 24.8 Å². The van der Waals surface area contributed by atoms with Gasteiger partial charge in [0.15, 0.2) is 5.65 Å². The van der Waals surface area contributed by atoms with Crippen LogP contribution < -0.4 is 4.90 Å². The molecule has 1 saturated carbocycles. The summed E-state index contributed by atoms with van der Waals surface area (Å²) < 4.78 is 7.83. The minimum absolute atomic E-state index is 0.309.